The van der Waals surface area contributed by atoms with Gasteiger partial charge in [-0.05, 0) is 37.3 Å². The van der Waals surface area contributed by atoms with Gasteiger partial charge in [0, 0.05) is 15.4 Å². The molecular weight excluding hydrogens is 315 g/mol. The van der Waals surface area contributed by atoms with Crippen LogP contribution in [0.1, 0.15) is 11.1 Å². The van der Waals surface area contributed by atoms with Crippen LogP contribution in [0, 0.1) is 6.92 Å². The van der Waals surface area contributed by atoms with E-state index >= 15 is 0 Å². The van der Waals surface area contributed by atoms with E-state index in [1.807, 2.05) is 31.2 Å². The zero-order valence-corrected chi connectivity index (χ0v) is 12.9. The fourth-order valence-corrected chi connectivity index (χ4v) is 2.99. The van der Waals surface area contributed by atoms with Gasteiger partial charge in [-0.25, -0.2) is 0 Å². The van der Waals surface area contributed by atoms with Crippen molar-refractivity contribution in [2.75, 3.05) is 0 Å². The van der Waals surface area contributed by atoms with Crippen LogP contribution in [0.25, 0.3) is 0 Å². The van der Waals surface area contributed by atoms with E-state index in [2.05, 4.69) is 5.16 Å². The summed E-state index contributed by atoms with van der Waals surface area (Å²) < 4.78 is 0. The van der Waals surface area contributed by atoms with Crippen LogP contribution in [0.4, 0.5) is 0 Å². The Kier molecular flexibility index (Phi) is 4.81. The number of aryl methyl sites for hydroxylation is 1. The lowest BCUT2D eigenvalue weighted by Gasteiger charge is -2.09. The molecule has 6 heteroatoms. The van der Waals surface area contributed by atoms with E-state index in [1.165, 1.54) is 11.8 Å². The van der Waals surface area contributed by atoms with Crippen LogP contribution >= 0.6 is 35.0 Å². The standard InChI is InChI=1S/C14H12Cl2N2OS/c1-8-2-5-13(10(6-8)14(17)18-19)20-9-3-4-11(15)12(16)7-9/h2-7,19H,1H3,(H2,17,18). The third-order valence-corrected chi connectivity index (χ3v) is 4.44. The zero-order valence-electron chi connectivity index (χ0n) is 10.6. The van der Waals surface area contributed by atoms with Crippen LogP contribution in [0.15, 0.2) is 51.3 Å². The first-order valence-corrected chi connectivity index (χ1v) is 7.30. The van der Waals surface area contributed by atoms with E-state index in [0.717, 1.165) is 15.4 Å². The predicted molar refractivity (Wildman–Crippen MR) is 84.3 cm³/mol. The van der Waals surface area contributed by atoms with Crippen molar-refractivity contribution in [3.8, 4) is 0 Å². The Morgan fingerprint density at radius 2 is 1.90 bits per heavy atom. The lowest BCUT2D eigenvalue weighted by atomic mass is 10.1. The third kappa shape index (κ3) is 3.39. The molecule has 2 aromatic rings. The normalized spacial score (nSPS) is 11.7. The Labute approximate surface area is 131 Å². The highest BCUT2D eigenvalue weighted by atomic mass is 35.5. The molecule has 0 radical (unpaired) electrons. The molecular formula is C14H12Cl2N2OS. The van der Waals surface area contributed by atoms with Gasteiger partial charge in [0.25, 0.3) is 0 Å². The van der Waals surface area contributed by atoms with E-state index in [9.17, 15) is 0 Å². The van der Waals surface area contributed by atoms with Crippen LogP contribution in [0.3, 0.4) is 0 Å². The SMILES string of the molecule is Cc1ccc(Sc2ccc(Cl)c(Cl)c2)c(/C(N)=N/O)c1. The topological polar surface area (TPSA) is 58.6 Å². The summed E-state index contributed by atoms with van der Waals surface area (Å²) in [5, 5.41) is 12.9. The van der Waals surface area contributed by atoms with Crippen molar-refractivity contribution in [1.82, 2.24) is 0 Å². The molecule has 0 unspecified atom stereocenters. The third-order valence-electron chi connectivity index (χ3n) is 2.64. The monoisotopic (exact) mass is 326 g/mol. The molecule has 0 fully saturated rings. The lowest BCUT2D eigenvalue weighted by molar-refractivity contribution is 0.318. The van der Waals surface area contributed by atoms with Gasteiger partial charge in [0.2, 0.25) is 0 Å². The second-order valence-corrected chi connectivity index (χ2v) is 6.09. The highest BCUT2D eigenvalue weighted by Gasteiger charge is 2.10. The summed E-state index contributed by atoms with van der Waals surface area (Å²) in [6, 6.07) is 11.2. The first-order chi connectivity index (χ1) is 9.51. The minimum absolute atomic E-state index is 0.0799. The first-order valence-electron chi connectivity index (χ1n) is 5.72. The van der Waals surface area contributed by atoms with Crippen LogP contribution in [-0.4, -0.2) is 11.0 Å². The number of hydrogen-bond acceptors (Lipinski definition) is 3. The van der Waals surface area contributed by atoms with E-state index in [-0.39, 0.29) is 5.84 Å². The van der Waals surface area contributed by atoms with Gasteiger partial charge in [-0.1, -0.05) is 51.7 Å². The lowest BCUT2D eigenvalue weighted by Crippen LogP contribution is -2.14. The number of halogens is 2. The van der Waals surface area contributed by atoms with E-state index in [1.54, 1.807) is 12.1 Å². The second-order valence-electron chi connectivity index (χ2n) is 4.16. The molecule has 0 aliphatic carbocycles. The summed E-state index contributed by atoms with van der Waals surface area (Å²) in [6.45, 7) is 1.95. The van der Waals surface area contributed by atoms with Crippen molar-refractivity contribution in [3.05, 3.63) is 57.6 Å². The Morgan fingerprint density at radius 3 is 2.55 bits per heavy atom. The molecule has 0 spiro atoms. The quantitative estimate of drug-likeness (QED) is 0.376. The number of hydrogen-bond donors (Lipinski definition) is 2. The van der Waals surface area contributed by atoms with Gasteiger partial charge in [-0.3, -0.25) is 0 Å². The van der Waals surface area contributed by atoms with Gasteiger partial charge in [0.1, 0.15) is 0 Å². The molecule has 0 aliphatic heterocycles. The maximum atomic E-state index is 8.87. The summed E-state index contributed by atoms with van der Waals surface area (Å²) in [5.41, 5.74) is 7.43. The van der Waals surface area contributed by atoms with Crippen LogP contribution < -0.4 is 5.73 Å². The highest BCUT2D eigenvalue weighted by Crippen LogP contribution is 2.34. The molecule has 0 bridgehead atoms. The van der Waals surface area contributed by atoms with E-state index < -0.39 is 0 Å². The molecule has 3 N–H and O–H groups in total. The molecule has 0 aromatic heterocycles. The largest absolute Gasteiger partial charge is 0.409 e. The van der Waals surface area contributed by atoms with Gasteiger partial charge in [0.05, 0.1) is 10.0 Å². The number of nitrogens with two attached hydrogens (primary N) is 1. The first kappa shape index (κ1) is 15.0. The fourth-order valence-electron chi connectivity index (χ4n) is 1.65. The van der Waals surface area contributed by atoms with Gasteiger partial charge in [-0.2, -0.15) is 0 Å². The molecule has 0 aliphatic rings. The number of nitrogens with zero attached hydrogens (tertiary/aromatic N) is 1. The molecule has 0 heterocycles. The van der Waals surface area contributed by atoms with E-state index in [0.29, 0.717) is 15.6 Å². The fraction of sp³-hybridized carbons (Fsp3) is 0.0714. The molecule has 0 amide bonds. The van der Waals surface area contributed by atoms with Crippen molar-refractivity contribution >= 4 is 40.8 Å². The Hall–Kier alpha value is -1.36. The zero-order chi connectivity index (χ0) is 14.7. The molecule has 0 atom stereocenters. The van der Waals surface area contributed by atoms with Crippen molar-refractivity contribution < 1.29 is 5.21 Å². The van der Waals surface area contributed by atoms with Crippen molar-refractivity contribution in [1.29, 1.82) is 0 Å². The number of oxime groups is 1. The molecule has 3 nitrogen and oxygen atoms in total. The number of benzene rings is 2. The second kappa shape index (κ2) is 6.39. The summed E-state index contributed by atoms with van der Waals surface area (Å²) >= 11 is 13.4. The van der Waals surface area contributed by atoms with Gasteiger partial charge >= 0.3 is 0 Å². The minimum atomic E-state index is 0.0799. The maximum absolute atomic E-state index is 8.87. The van der Waals surface area contributed by atoms with Crippen LogP contribution in [0.5, 0.6) is 0 Å². The molecule has 2 aromatic carbocycles. The minimum Gasteiger partial charge on any atom is -0.409 e. The Morgan fingerprint density at radius 1 is 1.15 bits per heavy atom. The summed E-state index contributed by atoms with van der Waals surface area (Å²) in [5.74, 6) is 0.0799. The molecule has 0 saturated carbocycles. The summed E-state index contributed by atoms with van der Waals surface area (Å²) in [6.07, 6.45) is 0. The van der Waals surface area contributed by atoms with Gasteiger partial charge < -0.3 is 10.9 Å². The molecule has 0 saturated heterocycles. The predicted octanol–water partition coefficient (Wildman–Crippen LogP) is 4.55. The molecule has 2 rings (SSSR count). The van der Waals surface area contributed by atoms with Crippen molar-refractivity contribution in [3.63, 3.8) is 0 Å². The Balaban J connectivity index is 2.40. The van der Waals surface area contributed by atoms with Gasteiger partial charge in [0.15, 0.2) is 5.84 Å². The van der Waals surface area contributed by atoms with Crippen molar-refractivity contribution in [2.45, 2.75) is 16.7 Å². The Bertz CT molecular complexity index is 674. The smallest absolute Gasteiger partial charge is 0.171 e. The average molecular weight is 327 g/mol. The van der Waals surface area contributed by atoms with Crippen LogP contribution in [0.2, 0.25) is 10.0 Å². The number of rotatable bonds is 3. The van der Waals surface area contributed by atoms with Crippen LogP contribution in [-0.2, 0) is 0 Å². The maximum Gasteiger partial charge on any atom is 0.171 e. The molecule has 104 valence electrons. The average Bonchev–Trinajstić information content (AvgIpc) is 2.44. The van der Waals surface area contributed by atoms with Gasteiger partial charge in [-0.15, -0.1) is 0 Å². The summed E-state index contributed by atoms with van der Waals surface area (Å²) in [7, 11) is 0. The molecule has 20 heavy (non-hydrogen) atoms. The van der Waals surface area contributed by atoms with E-state index in [4.69, 9.17) is 34.1 Å². The summed E-state index contributed by atoms with van der Waals surface area (Å²) in [4.78, 5) is 1.81. The number of amidine groups is 1. The van der Waals surface area contributed by atoms with Crippen molar-refractivity contribution in [2.24, 2.45) is 10.9 Å². The highest BCUT2D eigenvalue weighted by molar-refractivity contribution is 7.99.